The Morgan fingerprint density at radius 1 is 0.857 bits per heavy atom. The van der Waals surface area contributed by atoms with E-state index in [0.717, 1.165) is 42.7 Å². The van der Waals surface area contributed by atoms with Crippen LogP contribution in [0.4, 0.5) is 5.69 Å². The topological polar surface area (TPSA) is 76.1 Å². The Hall–Kier alpha value is -3.03. The van der Waals surface area contributed by atoms with Crippen LogP contribution in [0.2, 0.25) is 0 Å². The highest BCUT2D eigenvalue weighted by atomic mass is 32.2. The average Bonchev–Trinajstić information content (AvgIpc) is 3.04. The number of aliphatic hydroxyl groups is 1. The standard InChI is InChI=1S/C35H47NO5S/c1-6-8-20-35(21-9-7-2)25-42(38,39)32-19-14-28(36(4)5)24-31(32)33(34(35)37)27-12-17-30(18-13-27)41-23-22-40-29-15-10-26(3)11-16-29/h10-19,24,33-34,37H,6-9,20-23,25H2,1-5H3/t33-,34-/m1/s1. The Morgan fingerprint density at radius 3 is 1.93 bits per heavy atom. The van der Waals surface area contributed by atoms with E-state index in [2.05, 4.69) is 13.8 Å². The van der Waals surface area contributed by atoms with Crippen LogP contribution in [0.15, 0.2) is 71.6 Å². The minimum Gasteiger partial charge on any atom is -0.490 e. The highest BCUT2D eigenvalue weighted by Crippen LogP contribution is 2.50. The predicted octanol–water partition coefficient (Wildman–Crippen LogP) is 7.17. The first-order chi connectivity index (χ1) is 20.1. The molecule has 0 bridgehead atoms. The number of benzene rings is 3. The zero-order valence-corrected chi connectivity index (χ0v) is 26.6. The van der Waals surface area contributed by atoms with Crippen LogP contribution in [0.3, 0.4) is 0 Å². The van der Waals surface area contributed by atoms with Gasteiger partial charge in [-0.2, -0.15) is 0 Å². The molecular formula is C35H47NO5S. The molecule has 0 saturated carbocycles. The van der Waals surface area contributed by atoms with Crippen molar-refractivity contribution in [1.29, 1.82) is 0 Å². The van der Waals surface area contributed by atoms with Crippen molar-refractivity contribution < 1.29 is 23.0 Å². The normalized spacial score (nSPS) is 19.0. The maximum absolute atomic E-state index is 14.0. The highest BCUT2D eigenvalue weighted by Gasteiger charge is 2.49. The molecule has 1 aliphatic rings. The number of unbranched alkanes of at least 4 members (excludes halogenated alkanes) is 2. The van der Waals surface area contributed by atoms with Crippen molar-refractivity contribution in [3.8, 4) is 11.5 Å². The summed E-state index contributed by atoms with van der Waals surface area (Å²) in [6.45, 7) is 7.09. The lowest BCUT2D eigenvalue weighted by Crippen LogP contribution is -2.43. The molecule has 1 heterocycles. The number of nitrogens with zero attached hydrogens (tertiary/aromatic N) is 1. The SMILES string of the molecule is CCCCC1(CCCC)CS(=O)(=O)c2ccc(N(C)C)cc2[C@@H](c2ccc(OCCOc3ccc(C)cc3)cc2)[C@H]1O. The van der Waals surface area contributed by atoms with Gasteiger partial charge in [0, 0.05) is 31.1 Å². The van der Waals surface area contributed by atoms with Crippen molar-refractivity contribution in [2.45, 2.75) is 76.2 Å². The summed E-state index contributed by atoms with van der Waals surface area (Å²) >= 11 is 0. The first kappa shape index (κ1) is 31.9. The van der Waals surface area contributed by atoms with Crippen LogP contribution in [0.25, 0.3) is 0 Å². The first-order valence-electron chi connectivity index (χ1n) is 15.2. The van der Waals surface area contributed by atoms with Gasteiger partial charge in [-0.15, -0.1) is 0 Å². The molecule has 0 radical (unpaired) electrons. The van der Waals surface area contributed by atoms with Crippen molar-refractivity contribution >= 4 is 15.5 Å². The fraction of sp³-hybridized carbons (Fsp3) is 0.486. The summed E-state index contributed by atoms with van der Waals surface area (Å²) in [6.07, 6.45) is 4.15. The lowest BCUT2D eigenvalue weighted by Gasteiger charge is -2.40. The van der Waals surface area contributed by atoms with Gasteiger partial charge in [0.15, 0.2) is 9.84 Å². The number of ether oxygens (including phenoxy) is 2. The summed E-state index contributed by atoms with van der Waals surface area (Å²) in [6, 6.07) is 21.2. The molecule has 2 atom stereocenters. The molecule has 3 aromatic carbocycles. The van der Waals surface area contributed by atoms with E-state index in [0.29, 0.717) is 42.3 Å². The number of sulfone groups is 1. The fourth-order valence-electron chi connectivity index (χ4n) is 6.12. The predicted molar refractivity (Wildman–Crippen MR) is 171 cm³/mol. The molecule has 0 fully saturated rings. The molecule has 7 heteroatoms. The van der Waals surface area contributed by atoms with Crippen molar-refractivity contribution in [3.05, 3.63) is 83.4 Å². The van der Waals surface area contributed by atoms with E-state index in [1.807, 2.05) is 86.6 Å². The van der Waals surface area contributed by atoms with Crippen molar-refractivity contribution in [2.75, 3.05) is 38.0 Å². The third kappa shape index (κ3) is 7.30. The molecule has 0 saturated heterocycles. The summed E-state index contributed by atoms with van der Waals surface area (Å²) in [7, 11) is 0.260. The molecule has 0 aliphatic carbocycles. The van der Waals surface area contributed by atoms with Crippen LogP contribution in [0.1, 0.15) is 75.0 Å². The Balaban J connectivity index is 1.66. The van der Waals surface area contributed by atoms with Gasteiger partial charge in [0.25, 0.3) is 0 Å². The number of rotatable bonds is 13. The highest BCUT2D eigenvalue weighted by molar-refractivity contribution is 7.91. The summed E-state index contributed by atoms with van der Waals surface area (Å²) in [5.74, 6) is 0.994. The molecule has 6 nitrogen and oxygen atoms in total. The molecule has 0 aromatic heterocycles. The van der Waals surface area contributed by atoms with Gasteiger partial charge in [-0.25, -0.2) is 8.42 Å². The number of anilines is 1. The minimum atomic E-state index is -3.63. The monoisotopic (exact) mass is 593 g/mol. The van der Waals surface area contributed by atoms with Gasteiger partial charge < -0.3 is 19.5 Å². The summed E-state index contributed by atoms with van der Waals surface area (Å²) in [5.41, 5.74) is 2.92. The molecule has 1 N–H and O–H groups in total. The van der Waals surface area contributed by atoms with Crippen LogP contribution in [0, 0.1) is 12.3 Å². The quantitative estimate of drug-likeness (QED) is 0.212. The van der Waals surface area contributed by atoms with E-state index < -0.39 is 27.3 Å². The Labute approximate surface area is 252 Å². The molecule has 0 amide bonds. The van der Waals surface area contributed by atoms with Gasteiger partial charge in [0.2, 0.25) is 0 Å². The maximum atomic E-state index is 14.0. The van der Waals surface area contributed by atoms with Crippen molar-refractivity contribution in [1.82, 2.24) is 0 Å². The molecule has 4 rings (SSSR count). The number of aliphatic hydroxyl groups excluding tert-OH is 1. The Bertz CT molecular complexity index is 1390. The van der Waals surface area contributed by atoms with Crippen LogP contribution in [-0.2, 0) is 9.84 Å². The van der Waals surface area contributed by atoms with E-state index in [9.17, 15) is 13.5 Å². The Kier molecular flexibility index (Phi) is 10.6. The second-order valence-electron chi connectivity index (χ2n) is 11.9. The van der Waals surface area contributed by atoms with Gasteiger partial charge in [-0.05, 0) is 73.4 Å². The maximum Gasteiger partial charge on any atom is 0.179 e. The van der Waals surface area contributed by atoms with E-state index >= 15 is 0 Å². The minimum absolute atomic E-state index is 0.0336. The van der Waals surface area contributed by atoms with Gasteiger partial charge in [-0.3, -0.25) is 0 Å². The fourth-order valence-corrected chi connectivity index (χ4v) is 8.31. The largest absolute Gasteiger partial charge is 0.490 e. The third-order valence-electron chi connectivity index (χ3n) is 8.54. The summed E-state index contributed by atoms with van der Waals surface area (Å²) < 4.78 is 39.7. The summed E-state index contributed by atoms with van der Waals surface area (Å²) in [4.78, 5) is 2.30. The lowest BCUT2D eigenvalue weighted by atomic mass is 9.68. The third-order valence-corrected chi connectivity index (χ3v) is 10.5. The molecule has 42 heavy (non-hydrogen) atoms. The second kappa shape index (κ2) is 14.0. The van der Waals surface area contributed by atoms with E-state index in [1.54, 1.807) is 6.07 Å². The second-order valence-corrected chi connectivity index (χ2v) is 13.9. The number of hydrogen-bond acceptors (Lipinski definition) is 6. The van der Waals surface area contributed by atoms with Crippen molar-refractivity contribution in [3.63, 3.8) is 0 Å². The van der Waals surface area contributed by atoms with E-state index in [-0.39, 0.29) is 5.75 Å². The summed E-state index contributed by atoms with van der Waals surface area (Å²) in [5, 5.41) is 12.3. The van der Waals surface area contributed by atoms with Gasteiger partial charge in [0.1, 0.15) is 24.7 Å². The van der Waals surface area contributed by atoms with Crippen molar-refractivity contribution in [2.24, 2.45) is 5.41 Å². The van der Waals surface area contributed by atoms with Gasteiger partial charge in [0.05, 0.1) is 16.8 Å². The van der Waals surface area contributed by atoms with Gasteiger partial charge >= 0.3 is 0 Å². The molecule has 228 valence electrons. The van der Waals surface area contributed by atoms with Crippen LogP contribution >= 0.6 is 0 Å². The number of fused-ring (bicyclic) bond motifs is 1. The van der Waals surface area contributed by atoms with E-state index in [1.165, 1.54) is 5.56 Å². The molecule has 0 spiro atoms. The molecule has 3 aromatic rings. The molecular weight excluding hydrogens is 546 g/mol. The van der Waals surface area contributed by atoms with Crippen LogP contribution < -0.4 is 14.4 Å². The van der Waals surface area contributed by atoms with Gasteiger partial charge in [-0.1, -0.05) is 69.4 Å². The zero-order valence-electron chi connectivity index (χ0n) is 25.8. The lowest BCUT2D eigenvalue weighted by molar-refractivity contribution is 0.0127. The van der Waals surface area contributed by atoms with Crippen LogP contribution in [0.5, 0.6) is 11.5 Å². The first-order valence-corrected chi connectivity index (χ1v) is 16.9. The Morgan fingerprint density at radius 2 is 1.40 bits per heavy atom. The molecule has 1 aliphatic heterocycles. The van der Waals surface area contributed by atoms with Crippen LogP contribution in [-0.4, -0.2) is 52.7 Å². The average molecular weight is 594 g/mol. The van der Waals surface area contributed by atoms with E-state index in [4.69, 9.17) is 9.47 Å². The molecule has 0 unspecified atom stereocenters. The number of hydrogen-bond donors (Lipinski definition) is 1. The zero-order chi connectivity index (χ0) is 30.3. The number of aryl methyl sites for hydroxylation is 1. The smallest absolute Gasteiger partial charge is 0.179 e.